The maximum Gasteiger partial charge on any atom is 0.222 e. The number of carbonyl (C=O) groups excluding carboxylic acids is 2. The lowest BCUT2D eigenvalue weighted by Crippen LogP contribution is -2.45. The fourth-order valence-corrected chi connectivity index (χ4v) is 2.33. The van der Waals surface area contributed by atoms with Crippen LogP contribution in [0.1, 0.15) is 46.0 Å². The second-order valence-electron chi connectivity index (χ2n) is 5.19. The zero-order chi connectivity index (χ0) is 12.8. The average molecular weight is 240 g/mol. The molecule has 0 saturated heterocycles. The molecule has 1 rings (SSSR count). The Hall–Kier alpha value is -1.06. The minimum atomic E-state index is 0.0116. The van der Waals surface area contributed by atoms with Crippen molar-refractivity contribution in [2.45, 2.75) is 52.0 Å². The van der Waals surface area contributed by atoms with Gasteiger partial charge in [-0.05, 0) is 18.8 Å². The Bertz CT molecular complexity index is 277. The van der Waals surface area contributed by atoms with Gasteiger partial charge in [0.25, 0.3) is 0 Å². The molecule has 2 unspecified atom stereocenters. The molecular formula is C13H24N2O2. The van der Waals surface area contributed by atoms with Crippen molar-refractivity contribution >= 4 is 11.8 Å². The van der Waals surface area contributed by atoms with E-state index in [1.165, 1.54) is 0 Å². The summed E-state index contributed by atoms with van der Waals surface area (Å²) in [5.74, 6) is 0.475. The first-order chi connectivity index (χ1) is 8.04. The van der Waals surface area contributed by atoms with Gasteiger partial charge in [0.1, 0.15) is 0 Å². The van der Waals surface area contributed by atoms with Crippen LogP contribution in [-0.2, 0) is 9.59 Å². The molecule has 2 N–H and O–H groups in total. The second-order valence-corrected chi connectivity index (χ2v) is 5.19. The largest absolute Gasteiger partial charge is 0.359 e. The summed E-state index contributed by atoms with van der Waals surface area (Å²) < 4.78 is 0. The predicted molar refractivity (Wildman–Crippen MR) is 67.4 cm³/mol. The molecule has 1 saturated carbocycles. The Morgan fingerprint density at radius 1 is 1.24 bits per heavy atom. The quantitative estimate of drug-likeness (QED) is 0.781. The fourth-order valence-electron chi connectivity index (χ4n) is 2.33. The zero-order valence-electron chi connectivity index (χ0n) is 11.1. The molecule has 2 atom stereocenters. The third-order valence-corrected chi connectivity index (χ3v) is 3.49. The number of hydrogen-bond donors (Lipinski definition) is 2. The highest BCUT2D eigenvalue weighted by atomic mass is 16.2. The first-order valence-electron chi connectivity index (χ1n) is 6.55. The lowest BCUT2D eigenvalue weighted by atomic mass is 9.82. The van der Waals surface area contributed by atoms with E-state index in [0.29, 0.717) is 12.3 Å². The molecule has 1 aliphatic carbocycles. The second kappa shape index (κ2) is 6.62. The van der Waals surface area contributed by atoms with E-state index in [0.717, 1.165) is 25.7 Å². The molecule has 1 aliphatic rings. The third-order valence-electron chi connectivity index (χ3n) is 3.49. The van der Waals surface area contributed by atoms with Crippen molar-refractivity contribution in [2.75, 3.05) is 7.05 Å². The van der Waals surface area contributed by atoms with Gasteiger partial charge in [0.15, 0.2) is 0 Å². The SMILES string of the molecule is CNC(=O)CC1CCCCC1NC(=O)C(C)C. The summed E-state index contributed by atoms with van der Waals surface area (Å²) in [5.41, 5.74) is 0. The van der Waals surface area contributed by atoms with Gasteiger partial charge in [0.05, 0.1) is 0 Å². The molecule has 2 amide bonds. The third kappa shape index (κ3) is 4.36. The topological polar surface area (TPSA) is 58.2 Å². The summed E-state index contributed by atoms with van der Waals surface area (Å²) in [5, 5.41) is 5.74. The van der Waals surface area contributed by atoms with Gasteiger partial charge in [0, 0.05) is 25.4 Å². The number of hydrogen-bond acceptors (Lipinski definition) is 2. The Morgan fingerprint density at radius 2 is 1.88 bits per heavy atom. The summed E-state index contributed by atoms with van der Waals surface area (Å²) in [7, 11) is 1.66. The molecular weight excluding hydrogens is 216 g/mol. The van der Waals surface area contributed by atoms with E-state index in [1.807, 2.05) is 13.8 Å². The maximum atomic E-state index is 11.7. The highest BCUT2D eigenvalue weighted by Gasteiger charge is 2.28. The molecule has 0 aromatic carbocycles. The van der Waals surface area contributed by atoms with Crippen LogP contribution in [0, 0.1) is 11.8 Å². The van der Waals surface area contributed by atoms with Gasteiger partial charge in [0.2, 0.25) is 11.8 Å². The molecule has 0 bridgehead atoms. The molecule has 0 aliphatic heterocycles. The minimum Gasteiger partial charge on any atom is -0.359 e. The molecule has 98 valence electrons. The van der Waals surface area contributed by atoms with E-state index in [1.54, 1.807) is 7.05 Å². The van der Waals surface area contributed by atoms with E-state index in [9.17, 15) is 9.59 Å². The lowest BCUT2D eigenvalue weighted by molar-refractivity contribution is -0.127. The van der Waals surface area contributed by atoms with Gasteiger partial charge in [-0.15, -0.1) is 0 Å². The van der Waals surface area contributed by atoms with Crippen molar-refractivity contribution in [1.29, 1.82) is 0 Å². The molecule has 4 heteroatoms. The normalized spacial score (nSPS) is 24.5. The average Bonchev–Trinajstić information content (AvgIpc) is 2.31. The van der Waals surface area contributed by atoms with E-state index in [-0.39, 0.29) is 23.8 Å². The molecule has 0 radical (unpaired) electrons. The molecule has 4 nitrogen and oxygen atoms in total. The molecule has 1 fully saturated rings. The summed E-state index contributed by atoms with van der Waals surface area (Å²) in [4.78, 5) is 23.1. The standard InChI is InChI=1S/C13H24N2O2/c1-9(2)13(17)15-11-7-5-4-6-10(11)8-12(16)14-3/h9-11H,4-8H2,1-3H3,(H,14,16)(H,15,17). The Labute approximate surface area is 104 Å². The van der Waals surface area contributed by atoms with Crippen LogP contribution in [0.2, 0.25) is 0 Å². The van der Waals surface area contributed by atoms with Gasteiger partial charge in [-0.25, -0.2) is 0 Å². The number of rotatable bonds is 4. The summed E-state index contributed by atoms with van der Waals surface area (Å²) in [6, 6.07) is 0.177. The van der Waals surface area contributed by atoms with Crippen LogP contribution in [0.25, 0.3) is 0 Å². The molecule has 0 spiro atoms. The van der Waals surface area contributed by atoms with Crippen LogP contribution in [0.5, 0.6) is 0 Å². The van der Waals surface area contributed by atoms with Crippen LogP contribution in [-0.4, -0.2) is 24.9 Å². The summed E-state index contributed by atoms with van der Waals surface area (Å²) >= 11 is 0. The Kier molecular flexibility index (Phi) is 5.45. The van der Waals surface area contributed by atoms with Crippen LogP contribution in [0.15, 0.2) is 0 Å². The highest BCUT2D eigenvalue weighted by molar-refractivity contribution is 5.78. The highest BCUT2D eigenvalue weighted by Crippen LogP contribution is 2.27. The van der Waals surface area contributed by atoms with Gasteiger partial charge in [-0.3, -0.25) is 9.59 Å². The van der Waals surface area contributed by atoms with E-state index < -0.39 is 0 Å². The number of nitrogens with one attached hydrogen (secondary N) is 2. The Morgan fingerprint density at radius 3 is 2.47 bits per heavy atom. The maximum absolute atomic E-state index is 11.7. The molecule has 17 heavy (non-hydrogen) atoms. The van der Waals surface area contributed by atoms with Gasteiger partial charge < -0.3 is 10.6 Å². The van der Waals surface area contributed by atoms with Crippen LogP contribution in [0.4, 0.5) is 0 Å². The predicted octanol–water partition coefficient (Wildman–Crippen LogP) is 1.45. The molecule has 0 aromatic heterocycles. The first-order valence-corrected chi connectivity index (χ1v) is 6.55. The fraction of sp³-hybridized carbons (Fsp3) is 0.846. The van der Waals surface area contributed by atoms with E-state index >= 15 is 0 Å². The zero-order valence-corrected chi connectivity index (χ0v) is 11.1. The van der Waals surface area contributed by atoms with Crippen molar-refractivity contribution < 1.29 is 9.59 Å². The summed E-state index contributed by atoms with van der Waals surface area (Å²) in [6.45, 7) is 3.79. The van der Waals surface area contributed by atoms with Gasteiger partial charge in [-0.2, -0.15) is 0 Å². The minimum absolute atomic E-state index is 0.0116. The van der Waals surface area contributed by atoms with Crippen molar-refractivity contribution in [2.24, 2.45) is 11.8 Å². The van der Waals surface area contributed by atoms with Gasteiger partial charge in [-0.1, -0.05) is 26.7 Å². The van der Waals surface area contributed by atoms with Gasteiger partial charge >= 0.3 is 0 Å². The van der Waals surface area contributed by atoms with Crippen molar-refractivity contribution in [3.63, 3.8) is 0 Å². The number of amides is 2. The van der Waals surface area contributed by atoms with Crippen LogP contribution in [0.3, 0.4) is 0 Å². The monoisotopic (exact) mass is 240 g/mol. The van der Waals surface area contributed by atoms with Crippen molar-refractivity contribution in [3.8, 4) is 0 Å². The number of carbonyl (C=O) groups is 2. The van der Waals surface area contributed by atoms with E-state index in [2.05, 4.69) is 10.6 Å². The van der Waals surface area contributed by atoms with Crippen molar-refractivity contribution in [1.82, 2.24) is 10.6 Å². The molecule has 0 heterocycles. The first kappa shape index (κ1) is 14.0. The van der Waals surface area contributed by atoms with E-state index in [4.69, 9.17) is 0 Å². The lowest BCUT2D eigenvalue weighted by Gasteiger charge is -2.32. The smallest absolute Gasteiger partial charge is 0.222 e. The Balaban J connectivity index is 2.53. The summed E-state index contributed by atoms with van der Waals surface area (Å²) in [6.07, 6.45) is 4.87. The molecule has 0 aromatic rings. The van der Waals surface area contributed by atoms with Crippen LogP contribution >= 0.6 is 0 Å². The van der Waals surface area contributed by atoms with Crippen LogP contribution < -0.4 is 10.6 Å². The van der Waals surface area contributed by atoms with Crippen molar-refractivity contribution in [3.05, 3.63) is 0 Å².